The molecule has 1 unspecified atom stereocenters. The number of aromatic nitrogens is 2. The lowest BCUT2D eigenvalue weighted by Gasteiger charge is -2.28. The number of hydrogen-bond acceptors (Lipinski definition) is 2. The fourth-order valence-electron chi connectivity index (χ4n) is 2.28. The van der Waals surface area contributed by atoms with E-state index in [1.54, 1.807) is 0 Å². The van der Waals surface area contributed by atoms with Crippen LogP contribution in [0.25, 0.3) is 0 Å². The zero-order valence-corrected chi connectivity index (χ0v) is 14.7. The number of nitrogens with zero attached hydrogens (tertiary/aromatic N) is 2. The number of nitrogens with one attached hydrogen (secondary N) is 1. The van der Waals surface area contributed by atoms with Gasteiger partial charge in [0.15, 0.2) is 0 Å². The van der Waals surface area contributed by atoms with Crippen molar-refractivity contribution in [2.45, 2.75) is 66.5 Å². The Hall–Kier alpha value is -0.350. The molecule has 0 bridgehead atoms. The summed E-state index contributed by atoms with van der Waals surface area (Å²) in [4.78, 5) is 0. The molecule has 110 valence electrons. The fourth-order valence-corrected chi connectivity index (χ4v) is 2.83. The molecule has 0 aromatic carbocycles. The molecule has 0 fully saturated rings. The molecule has 0 aliphatic rings. The monoisotopic (exact) mass is 329 g/mol. The molecule has 4 heteroatoms. The van der Waals surface area contributed by atoms with Gasteiger partial charge in [-0.05, 0) is 54.6 Å². The summed E-state index contributed by atoms with van der Waals surface area (Å²) in [6.45, 7) is 14.5. The SMILES string of the molecule is CCCNC(CC(C)(C)C)c1c(Br)cnn1C(C)C. The van der Waals surface area contributed by atoms with Gasteiger partial charge in [0, 0.05) is 6.04 Å². The van der Waals surface area contributed by atoms with Crippen molar-refractivity contribution < 1.29 is 0 Å². The minimum atomic E-state index is 0.289. The van der Waals surface area contributed by atoms with E-state index < -0.39 is 0 Å². The smallest absolute Gasteiger partial charge is 0.0698 e. The van der Waals surface area contributed by atoms with E-state index in [9.17, 15) is 0 Å². The van der Waals surface area contributed by atoms with Crippen LogP contribution in [-0.4, -0.2) is 16.3 Å². The van der Waals surface area contributed by atoms with Crippen molar-refractivity contribution in [2.24, 2.45) is 5.41 Å². The maximum atomic E-state index is 4.50. The van der Waals surface area contributed by atoms with E-state index in [0.717, 1.165) is 23.9 Å². The van der Waals surface area contributed by atoms with Gasteiger partial charge in [-0.2, -0.15) is 5.10 Å². The molecule has 0 amide bonds. The Morgan fingerprint density at radius 1 is 1.37 bits per heavy atom. The number of halogens is 1. The van der Waals surface area contributed by atoms with E-state index in [4.69, 9.17) is 0 Å². The largest absolute Gasteiger partial charge is 0.309 e. The van der Waals surface area contributed by atoms with E-state index in [-0.39, 0.29) is 5.41 Å². The van der Waals surface area contributed by atoms with Crippen LogP contribution in [0.15, 0.2) is 10.7 Å². The average Bonchev–Trinajstić information content (AvgIpc) is 2.65. The first-order valence-electron chi connectivity index (χ1n) is 7.22. The van der Waals surface area contributed by atoms with Crippen LogP contribution in [0.2, 0.25) is 0 Å². The highest BCUT2D eigenvalue weighted by molar-refractivity contribution is 9.10. The molecule has 0 spiro atoms. The first-order chi connectivity index (χ1) is 8.76. The number of hydrogen-bond donors (Lipinski definition) is 1. The molecule has 1 atom stereocenters. The third-order valence-electron chi connectivity index (χ3n) is 3.06. The maximum absolute atomic E-state index is 4.50. The van der Waals surface area contributed by atoms with Crippen LogP contribution in [0.3, 0.4) is 0 Å². The van der Waals surface area contributed by atoms with E-state index >= 15 is 0 Å². The predicted molar refractivity (Wildman–Crippen MR) is 85.4 cm³/mol. The Labute approximate surface area is 126 Å². The zero-order valence-electron chi connectivity index (χ0n) is 13.1. The molecule has 1 aromatic heterocycles. The third-order valence-corrected chi connectivity index (χ3v) is 3.67. The minimum Gasteiger partial charge on any atom is -0.309 e. The second-order valence-corrected chi connectivity index (χ2v) is 7.54. The van der Waals surface area contributed by atoms with Gasteiger partial charge >= 0.3 is 0 Å². The number of rotatable bonds is 6. The highest BCUT2D eigenvalue weighted by Gasteiger charge is 2.25. The molecule has 19 heavy (non-hydrogen) atoms. The van der Waals surface area contributed by atoms with Crippen LogP contribution in [0.4, 0.5) is 0 Å². The quantitative estimate of drug-likeness (QED) is 0.819. The second kappa shape index (κ2) is 6.89. The maximum Gasteiger partial charge on any atom is 0.0698 e. The standard InChI is InChI=1S/C15H28BrN3/c1-7-8-17-13(9-15(4,5)6)14-12(16)10-18-19(14)11(2)3/h10-11,13,17H,7-9H2,1-6H3. The summed E-state index contributed by atoms with van der Waals surface area (Å²) >= 11 is 3.66. The van der Waals surface area contributed by atoms with Gasteiger partial charge in [0.2, 0.25) is 0 Å². The van der Waals surface area contributed by atoms with E-state index in [1.807, 2.05) is 6.20 Å². The van der Waals surface area contributed by atoms with Gasteiger partial charge in [0.05, 0.1) is 22.4 Å². The van der Waals surface area contributed by atoms with Crippen LogP contribution >= 0.6 is 15.9 Å². The zero-order chi connectivity index (χ0) is 14.6. The van der Waals surface area contributed by atoms with Gasteiger partial charge in [0.25, 0.3) is 0 Å². The molecule has 1 aromatic rings. The Balaban J connectivity index is 3.05. The molecule has 0 saturated carbocycles. The topological polar surface area (TPSA) is 29.9 Å². The summed E-state index contributed by atoms with van der Waals surface area (Å²) in [5, 5.41) is 8.18. The molecule has 0 aliphatic heterocycles. The van der Waals surface area contributed by atoms with Gasteiger partial charge in [-0.25, -0.2) is 0 Å². The summed E-state index contributed by atoms with van der Waals surface area (Å²) in [6.07, 6.45) is 4.16. The van der Waals surface area contributed by atoms with Crippen molar-refractivity contribution in [2.75, 3.05) is 6.54 Å². The molecule has 1 heterocycles. The Morgan fingerprint density at radius 2 is 2.00 bits per heavy atom. The van der Waals surface area contributed by atoms with Gasteiger partial charge in [-0.3, -0.25) is 4.68 Å². The van der Waals surface area contributed by atoms with Gasteiger partial charge in [-0.15, -0.1) is 0 Å². The summed E-state index contributed by atoms with van der Waals surface area (Å²) in [5.41, 5.74) is 1.56. The first kappa shape index (κ1) is 16.7. The Bertz CT molecular complexity index is 391. The first-order valence-corrected chi connectivity index (χ1v) is 8.02. The molecule has 0 aliphatic carbocycles. The summed E-state index contributed by atoms with van der Waals surface area (Å²) < 4.78 is 3.24. The normalized spacial score (nSPS) is 14.1. The highest BCUT2D eigenvalue weighted by atomic mass is 79.9. The summed E-state index contributed by atoms with van der Waals surface area (Å²) in [7, 11) is 0. The van der Waals surface area contributed by atoms with E-state index in [1.165, 1.54) is 5.69 Å². The van der Waals surface area contributed by atoms with Crippen molar-refractivity contribution in [1.82, 2.24) is 15.1 Å². The van der Waals surface area contributed by atoms with Crippen LogP contribution in [0.5, 0.6) is 0 Å². The van der Waals surface area contributed by atoms with Crippen molar-refractivity contribution in [3.05, 3.63) is 16.4 Å². The lowest BCUT2D eigenvalue weighted by atomic mass is 9.87. The van der Waals surface area contributed by atoms with Crippen molar-refractivity contribution in [1.29, 1.82) is 0 Å². The summed E-state index contributed by atoms with van der Waals surface area (Å²) in [6, 6.07) is 0.728. The lowest BCUT2D eigenvalue weighted by molar-refractivity contribution is 0.297. The van der Waals surface area contributed by atoms with Crippen LogP contribution in [0.1, 0.15) is 72.2 Å². The molecular formula is C15H28BrN3. The lowest BCUT2D eigenvalue weighted by Crippen LogP contribution is -2.29. The molecule has 0 saturated heterocycles. The Kier molecular flexibility index (Phi) is 6.06. The fraction of sp³-hybridized carbons (Fsp3) is 0.800. The molecule has 1 rings (SSSR count). The van der Waals surface area contributed by atoms with E-state index in [0.29, 0.717) is 12.1 Å². The van der Waals surface area contributed by atoms with Crippen LogP contribution in [-0.2, 0) is 0 Å². The van der Waals surface area contributed by atoms with Gasteiger partial charge in [0.1, 0.15) is 0 Å². The third kappa shape index (κ3) is 4.92. The van der Waals surface area contributed by atoms with Gasteiger partial charge in [-0.1, -0.05) is 27.7 Å². The summed E-state index contributed by atoms with van der Waals surface area (Å²) in [5.74, 6) is 0. The predicted octanol–water partition coefficient (Wildman–Crippen LogP) is 4.70. The van der Waals surface area contributed by atoms with Crippen LogP contribution in [0, 0.1) is 5.41 Å². The van der Waals surface area contributed by atoms with Crippen molar-refractivity contribution in [3.8, 4) is 0 Å². The Morgan fingerprint density at radius 3 is 2.47 bits per heavy atom. The highest BCUT2D eigenvalue weighted by Crippen LogP contribution is 2.34. The second-order valence-electron chi connectivity index (χ2n) is 6.69. The van der Waals surface area contributed by atoms with Crippen molar-refractivity contribution in [3.63, 3.8) is 0 Å². The average molecular weight is 330 g/mol. The molecule has 1 N–H and O–H groups in total. The molecule has 0 radical (unpaired) electrons. The van der Waals surface area contributed by atoms with E-state index in [2.05, 4.69) is 72.6 Å². The molecular weight excluding hydrogens is 302 g/mol. The minimum absolute atomic E-state index is 0.289. The van der Waals surface area contributed by atoms with Crippen LogP contribution < -0.4 is 5.32 Å². The van der Waals surface area contributed by atoms with Gasteiger partial charge < -0.3 is 5.32 Å². The van der Waals surface area contributed by atoms with Crippen molar-refractivity contribution >= 4 is 15.9 Å². The molecule has 3 nitrogen and oxygen atoms in total.